The number of amides is 1. The highest BCUT2D eigenvalue weighted by Crippen LogP contribution is 1.98. The van der Waals surface area contributed by atoms with E-state index in [1.807, 2.05) is 20.8 Å². The molecule has 0 bridgehead atoms. The molecule has 0 aromatic rings. The first-order valence-electron chi connectivity index (χ1n) is 3.61. The van der Waals surface area contributed by atoms with Gasteiger partial charge in [-0.1, -0.05) is 0 Å². The average molecular weight is 160 g/mol. The van der Waals surface area contributed by atoms with Crippen molar-refractivity contribution >= 4 is 6.09 Å². The standard InChI is InChI=1S/C7H16N2O2/c1-7(2,3)9-6(10)11-5-4-8/h4-5,8H2,1-3H3,(H,9,10). The fourth-order valence-corrected chi connectivity index (χ4v) is 0.494. The molecular weight excluding hydrogens is 144 g/mol. The number of carbonyl (C=O) groups is 1. The predicted octanol–water partition coefficient (Wildman–Crippen LogP) is 0.470. The number of alkyl carbamates (subject to hydrolysis) is 1. The summed E-state index contributed by atoms with van der Waals surface area (Å²) >= 11 is 0. The first-order valence-corrected chi connectivity index (χ1v) is 3.61. The van der Waals surface area contributed by atoms with E-state index < -0.39 is 6.09 Å². The van der Waals surface area contributed by atoms with Crippen molar-refractivity contribution in [3.8, 4) is 0 Å². The molecule has 0 spiro atoms. The number of carbonyl (C=O) groups excluding carboxylic acids is 1. The van der Waals surface area contributed by atoms with Crippen LogP contribution in [-0.2, 0) is 4.74 Å². The van der Waals surface area contributed by atoms with E-state index in [2.05, 4.69) is 5.32 Å². The topological polar surface area (TPSA) is 64.3 Å². The van der Waals surface area contributed by atoms with Crippen LogP contribution >= 0.6 is 0 Å². The Balaban J connectivity index is 3.53. The van der Waals surface area contributed by atoms with Gasteiger partial charge in [0.25, 0.3) is 0 Å². The van der Waals surface area contributed by atoms with Crippen LogP contribution in [0.15, 0.2) is 0 Å². The third-order valence-electron chi connectivity index (χ3n) is 0.828. The summed E-state index contributed by atoms with van der Waals surface area (Å²) in [7, 11) is 0. The molecule has 0 rings (SSSR count). The molecule has 0 unspecified atom stereocenters. The van der Waals surface area contributed by atoms with E-state index in [9.17, 15) is 4.79 Å². The summed E-state index contributed by atoms with van der Waals surface area (Å²) in [6.45, 7) is 6.28. The van der Waals surface area contributed by atoms with Crippen molar-refractivity contribution in [3.63, 3.8) is 0 Å². The quantitative estimate of drug-likeness (QED) is 0.617. The second-order valence-corrected chi connectivity index (χ2v) is 3.30. The minimum atomic E-state index is -0.414. The Morgan fingerprint density at radius 1 is 1.55 bits per heavy atom. The average Bonchev–Trinajstić information content (AvgIpc) is 1.79. The van der Waals surface area contributed by atoms with Crippen LogP contribution in [0.25, 0.3) is 0 Å². The highest BCUT2D eigenvalue weighted by Gasteiger charge is 2.13. The number of hydrogen-bond donors (Lipinski definition) is 2. The fourth-order valence-electron chi connectivity index (χ4n) is 0.494. The van der Waals surface area contributed by atoms with Gasteiger partial charge in [-0.2, -0.15) is 0 Å². The molecule has 0 saturated carbocycles. The lowest BCUT2D eigenvalue weighted by Crippen LogP contribution is -2.41. The lowest BCUT2D eigenvalue weighted by molar-refractivity contribution is 0.140. The molecule has 0 fully saturated rings. The van der Waals surface area contributed by atoms with Crippen molar-refractivity contribution in [1.82, 2.24) is 5.32 Å². The molecule has 0 aliphatic heterocycles. The van der Waals surface area contributed by atoms with Crippen molar-refractivity contribution in [2.45, 2.75) is 26.3 Å². The molecule has 0 aromatic carbocycles. The molecule has 0 heterocycles. The summed E-state index contributed by atoms with van der Waals surface area (Å²) in [6.07, 6.45) is -0.414. The van der Waals surface area contributed by atoms with Gasteiger partial charge in [0.05, 0.1) is 0 Å². The van der Waals surface area contributed by atoms with Crippen LogP contribution in [0.5, 0.6) is 0 Å². The largest absolute Gasteiger partial charge is 0.448 e. The maximum atomic E-state index is 10.8. The summed E-state index contributed by atoms with van der Waals surface area (Å²) in [5.74, 6) is 0. The van der Waals surface area contributed by atoms with Crippen LogP contribution in [0.4, 0.5) is 4.79 Å². The van der Waals surface area contributed by atoms with E-state index in [1.165, 1.54) is 0 Å². The molecule has 1 amide bonds. The van der Waals surface area contributed by atoms with Crippen LogP contribution in [0.1, 0.15) is 20.8 Å². The molecule has 0 aliphatic carbocycles. The molecule has 0 saturated heterocycles. The lowest BCUT2D eigenvalue weighted by Gasteiger charge is -2.19. The molecule has 11 heavy (non-hydrogen) atoms. The Bertz CT molecular complexity index is 129. The number of hydrogen-bond acceptors (Lipinski definition) is 3. The van der Waals surface area contributed by atoms with Crippen molar-refractivity contribution in [3.05, 3.63) is 0 Å². The molecule has 0 aliphatic rings. The summed E-state index contributed by atoms with van der Waals surface area (Å²) in [4.78, 5) is 10.8. The van der Waals surface area contributed by atoms with Gasteiger partial charge in [-0.25, -0.2) is 4.79 Å². The highest BCUT2D eigenvalue weighted by atomic mass is 16.5. The first kappa shape index (κ1) is 10.2. The van der Waals surface area contributed by atoms with Gasteiger partial charge in [0, 0.05) is 12.1 Å². The molecule has 0 aromatic heterocycles. The second kappa shape index (κ2) is 4.18. The van der Waals surface area contributed by atoms with E-state index in [0.29, 0.717) is 6.54 Å². The zero-order chi connectivity index (χ0) is 8.91. The minimum absolute atomic E-state index is 0.244. The molecule has 4 nitrogen and oxygen atoms in total. The number of ether oxygens (including phenoxy) is 1. The van der Waals surface area contributed by atoms with Gasteiger partial charge in [0.2, 0.25) is 0 Å². The van der Waals surface area contributed by atoms with Gasteiger partial charge in [0.1, 0.15) is 6.61 Å². The first-order chi connectivity index (χ1) is 4.95. The normalized spacial score (nSPS) is 10.9. The summed E-state index contributed by atoms with van der Waals surface area (Å²) < 4.78 is 4.69. The van der Waals surface area contributed by atoms with Crippen LogP contribution < -0.4 is 11.1 Å². The number of rotatable bonds is 2. The van der Waals surface area contributed by atoms with E-state index in [-0.39, 0.29) is 12.1 Å². The van der Waals surface area contributed by atoms with Crippen LogP contribution in [-0.4, -0.2) is 24.8 Å². The smallest absolute Gasteiger partial charge is 0.407 e. The molecule has 3 N–H and O–H groups in total. The van der Waals surface area contributed by atoms with Crippen molar-refractivity contribution in [2.24, 2.45) is 5.73 Å². The molecular formula is C7H16N2O2. The number of nitrogens with one attached hydrogen (secondary N) is 1. The van der Waals surface area contributed by atoms with Crippen LogP contribution in [0.2, 0.25) is 0 Å². The Labute approximate surface area is 67.1 Å². The highest BCUT2D eigenvalue weighted by molar-refractivity contribution is 5.67. The van der Waals surface area contributed by atoms with Gasteiger partial charge in [-0.05, 0) is 20.8 Å². The fraction of sp³-hybridized carbons (Fsp3) is 0.857. The Kier molecular flexibility index (Phi) is 3.89. The predicted molar refractivity (Wildman–Crippen MR) is 43.3 cm³/mol. The van der Waals surface area contributed by atoms with Gasteiger partial charge in [-0.15, -0.1) is 0 Å². The van der Waals surface area contributed by atoms with Crippen molar-refractivity contribution < 1.29 is 9.53 Å². The van der Waals surface area contributed by atoms with Gasteiger partial charge < -0.3 is 15.8 Å². The van der Waals surface area contributed by atoms with Crippen LogP contribution in [0, 0.1) is 0 Å². The van der Waals surface area contributed by atoms with Gasteiger partial charge in [0.15, 0.2) is 0 Å². The third kappa shape index (κ3) is 7.12. The summed E-state index contributed by atoms with van der Waals surface area (Å²) in [6, 6.07) is 0. The summed E-state index contributed by atoms with van der Waals surface area (Å²) in [5.41, 5.74) is 4.89. The lowest BCUT2D eigenvalue weighted by atomic mass is 10.1. The molecule has 4 heteroatoms. The van der Waals surface area contributed by atoms with Crippen molar-refractivity contribution in [1.29, 1.82) is 0 Å². The SMILES string of the molecule is CC(C)(C)NC(=O)OCCN. The minimum Gasteiger partial charge on any atom is -0.448 e. The van der Waals surface area contributed by atoms with Crippen molar-refractivity contribution in [2.75, 3.05) is 13.2 Å². The monoisotopic (exact) mass is 160 g/mol. The Hall–Kier alpha value is -0.770. The van der Waals surface area contributed by atoms with E-state index >= 15 is 0 Å². The van der Waals surface area contributed by atoms with Crippen LogP contribution in [0.3, 0.4) is 0 Å². The number of nitrogens with two attached hydrogens (primary N) is 1. The molecule has 0 radical (unpaired) electrons. The molecule has 66 valence electrons. The molecule has 0 atom stereocenters. The maximum Gasteiger partial charge on any atom is 0.407 e. The summed E-state index contributed by atoms with van der Waals surface area (Å²) in [5, 5.41) is 2.64. The zero-order valence-corrected chi connectivity index (χ0v) is 7.31. The zero-order valence-electron chi connectivity index (χ0n) is 7.31. The maximum absolute atomic E-state index is 10.8. The van der Waals surface area contributed by atoms with Gasteiger partial charge >= 0.3 is 6.09 Å². The second-order valence-electron chi connectivity index (χ2n) is 3.30. The van der Waals surface area contributed by atoms with E-state index in [0.717, 1.165) is 0 Å². The van der Waals surface area contributed by atoms with E-state index in [1.54, 1.807) is 0 Å². The third-order valence-corrected chi connectivity index (χ3v) is 0.828. The van der Waals surface area contributed by atoms with Gasteiger partial charge in [-0.3, -0.25) is 0 Å². The van der Waals surface area contributed by atoms with E-state index in [4.69, 9.17) is 10.5 Å². The Morgan fingerprint density at radius 3 is 2.45 bits per heavy atom. The Morgan fingerprint density at radius 2 is 2.09 bits per heavy atom.